The van der Waals surface area contributed by atoms with Gasteiger partial charge in [-0.05, 0) is 26.0 Å². The van der Waals surface area contributed by atoms with Crippen molar-refractivity contribution in [3.63, 3.8) is 0 Å². The highest BCUT2D eigenvalue weighted by molar-refractivity contribution is 7.98. The Hall–Kier alpha value is -2.35. The number of rotatable bonds is 5. The maximum atomic E-state index is 11.1. The smallest absolute Gasteiger partial charge is 0.283 e. The highest BCUT2D eigenvalue weighted by Crippen LogP contribution is 2.33. The second kappa shape index (κ2) is 5.96. The van der Waals surface area contributed by atoms with Crippen LogP contribution in [0, 0.1) is 24.0 Å². The van der Waals surface area contributed by atoms with E-state index in [9.17, 15) is 14.9 Å². The van der Waals surface area contributed by atoms with E-state index in [0.29, 0.717) is 16.4 Å². The summed E-state index contributed by atoms with van der Waals surface area (Å²) >= 11 is 1.29. The van der Waals surface area contributed by atoms with Crippen molar-refractivity contribution >= 4 is 23.4 Å². The number of nitrogens with zero attached hydrogens (tertiary/aromatic N) is 2. The minimum Gasteiger partial charge on any atom is -0.366 e. The third-order valence-corrected chi connectivity index (χ3v) is 4.08. The van der Waals surface area contributed by atoms with Gasteiger partial charge in [-0.25, -0.2) is 0 Å². The molecule has 1 aromatic heterocycles. The summed E-state index contributed by atoms with van der Waals surface area (Å²) in [5, 5.41) is 14.9. The second-order valence-electron chi connectivity index (χ2n) is 4.40. The van der Waals surface area contributed by atoms with Crippen molar-refractivity contribution in [2.75, 3.05) is 0 Å². The monoisotopic (exact) mass is 307 g/mol. The minimum absolute atomic E-state index is 0.114. The molecule has 110 valence electrons. The van der Waals surface area contributed by atoms with Crippen LogP contribution in [0.5, 0.6) is 0 Å². The molecule has 1 amide bonds. The van der Waals surface area contributed by atoms with Crippen LogP contribution in [0.4, 0.5) is 5.69 Å². The Bertz CT molecular complexity index is 692. The van der Waals surface area contributed by atoms with Gasteiger partial charge in [0, 0.05) is 22.9 Å². The maximum Gasteiger partial charge on any atom is 0.283 e. The molecular weight excluding hydrogens is 294 g/mol. The molecule has 1 heterocycles. The number of primary amides is 1. The lowest BCUT2D eigenvalue weighted by molar-refractivity contribution is -0.387. The van der Waals surface area contributed by atoms with Gasteiger partial charge in [-0.15, -0.1) is 11.8 Å². The largest absolute Gasteiger partial charge is 0.366 e. The summed E-state index contributed by atoms with van der Waals surface area (Å²) in [4.78, 5) is 22.1. The molecule has 0 fully saturated rings. The molecule has 0 radical (unpaired) electrons. The van der Waals surface area contributed by atoms with Gasteiger partial charge < -0.3 is 10.3 Å². The summed E-state index contributed by atoms with van der Waals surface area (Å²) in [6, 6.07) is 4.20. The van der Waals surface area contributed by atoms with Crippen molar-refractivity contribution in [3.05, 3.63) is 50.9 Å². The van der Waals surface area contributed by atoms with Crippen LogP contribution in [0.2, 0.25) is 0 Å². The SMILES string of the molecule is Cc1noc(C)c1CSc1ccc(C(N)=O)cc1[N+](=O)[O-]. The van der Waals surface area contributed by atoms with Crippen molar-refractivity contribution in [2.24, 2.45) is 5.73 Å². The molecule has 0 saturated heterocycles. The summed E-state index contributed by atoms with van der Waals surface area (Å²) in [5.41, 5.74) is 6.78. The van der Waals surface area contributed by atoms with Crippen LogP contribution < -0.4 is 5.73 Å². The number of nitrogens with two attached hydrogens (primary N) is 1. The Morgan fingerprint density at radius 3 is 2.71 bits per heavy atom. The zero-order valence-corrected chi connectivity index (χ0v) is 12.3. The molecule has 0 unspecified atom stereocenters. The van der Waals surface area contributed by atoms with Crippen molar-refractivity contribution in [3.8, 4) is 0 Å². The van der Waals surface area contributed by atoms with E-state index in [1.54, 1.807) is 6.92 Å². The number of thioether (sulfide) groups is 1. The molecule has 0 bridgehead atoms. The van der Waals surface area contributed by atoms with Crippen LogP contribution in [0.1, 0.15) is 27.4 Å². The zero-order chi connectivity index (χ0) is 15.6. The van der Waals surface area contributed by atoms with Crippen LogP contribution >= 0.6 is 11.8 Å². The Morgan fingerprint density at radius 1 is 1.48 bits per heavy atom. The molecule has 0 spiro atoms. The van der Waals surface area contributed by atoms with Gasteiger partial charge in [0.05, 0.1) is 15.5 Å². The second-order valence-corrected chi connectivity index (χ2v) is 5.41. The molecule has 0 atom stereocenters. The summed E-state index contributed by atoms with van der Waals surface area (Å²) in [6.07, 6.45) is 0. The van der Waals surface area contributed by atoms with Gasteiger partial charge in [-0.1, -0.05) is 5.16 Å². The normalized spacial score (nSPS) is 10.6. The first-order chi connectivity index (χ1) is 9.90. The summed E-state index contributed by atoms with van der Waals surface area (Å²) in [6.45, 7) is 3.61. The molecule has 8 heteroatoms. The first kappa shape index (κ1) is 15.0. The molecule has 2 rings (SSSR count). The topological polar surface area (TPSA) is 112 Å². The van der Waals surface area contributed by atoms with Gasteiger partial charge in [0.25, 0.3) is 5.69 Å². The lowest BCUT2D eigenvalue weighted by Gasteiger charge is -2.04. The summed E-state index contributed by atoms with van der Waals surface area (Å²) < 4.78 is 5.05. The van der Waals surface area contributed by atoms with E-state index in [0.717, 1.165) is 11.3 Å². The minimum atomic E-state index is -0.694. The molecule has 2 aromatic rings. The van der Waals surface area contributed by atoms with Gasteiger partial charge in [0.15, 0.2) is 0 Å². The maximum absolute atomic E-state index is 11.1. The Morgan fingerprint density at radius 2 is 2.19 bits per heavy atom. The first-order valence-corrected chi connectivity index (χ1v) is 7.01. The van der Waals surface area contributed by atoms with Gasteiger partial charge in [-0.2, -0.15) is 0 Å². The number of benzene rings is 1. The summed E-state index contributed by atoms with van der Waals surface area (Å²) in [7, 11) is 0. The number of amides is 1. The van der Waals surface area contributed by atoms with Crippen molar-refractivity contribution in [2.45, 2.75) is 24.5 Å². The van der Waals surface area contributed by atoms with E-state index in [-0.39, 0.29) is 11.3 Å². The molecular formula is C13H13N3O4S. The molecule has 7 nitrogen and oxygen atoms in total. The Kier molecular flexibility index (Phi) is 4.27. The lowest BCUT2D eigenvalue weighted by Crippen LogP contribution is -2.11. The standard InChI is InChI=1S/C13H13N3O4S/c1-7-10(8(2)20-15-7)6-21-12-4-3-9(13(14)17)5-11(12)16(18)19/h3-5H,6H2,1-2H3,(H2,14,17). The molecule has 21 heavy (non-hydrogen) atoms. The van der Waals surface area contributed by atoms with E-state index in [1.165, 1.54) is 30.0 Å². The lowest BCUT2D eigenvalue weighted by atomic mass is 10.2. The predicted octanol–water partition coefficient (Wildman–Crippen LogP) is 2.59. The molecule has 0 saturated carbocycles. The molecule has 2 N–H and O–H groups in total. The fourth-order valence-electron chi connectivity index (χ4n) is 1.79. The number of aromatic nitrogens is 1. The van der Waals surface area contributed by atoms with Crippen LogP contribution in [0.15, 0.2) is 27.6 Å². The molecule has 0 aliphatic rings. The van der Waals surface area contributed by atoms with E-state index in [1.807, 2.05) is 6.92 Å². The van der Waals surface area contributed by atoms with Crippen molar-refractivity contribution in [1.29, 1.82) is 0 Å². The Balaban J connectivity index is 2.28. The fraction of sp³-hybridized carbons (Fsp3) is 0.231. The van der Waals surface area contributed by atoms with Crippen LogP contribution in [0.25, 0.3) is 0 Å². The highest BCUT2D eigenvalue weighted by Gasteiger charge is 2.18. The number of hydrogen-bond donors (Lipinski definition) is 1. The number of aryl methyl sites for hydroxylation is 2. The van der Waals surface area contributed by atoms with Gasteiger partial charge >= 0.3 is 0 Å². The number of carbonyl (C=O) groups is 1. The predicted molar refractivity (Wildman–Crippen MR) is 77.2 cm³/mol. The third-order valence-electron chi connectivity index (χ3n) is 2.99. The van der Waals surface area contributed by atoms with E-state index in [4.69, 9.17) is 10.3 Å². The van der Waals surface area contributed by atoms with Crippen LogP contribution in [-0.2, 0) is 5.75 Å². The third kappa shape index (κ3) is 3.22. The van der Waals surface area contributed by atoms with Crippen molar-refractivity contribution in [1.82, 2.24) is 5.16 Å². The highest BCUT2D eigenvalue weighted by atomic mass is 32.2. The Labute approximate surface area is 124 Å². The van der Waals surface area contributed by atoms with E-state index in [2.05, 4.69) is 5.16 Å². The molecule has 1 aromatic carbocycles. The average molecular weight is 307 g/mol. The fourth-order valence-corrected chi connectivity index (χ4v) is 2.95. The van der Waals surface area contributed by atoms with Gasteiger partial charge in [0.1, 0.15) is 5.76 Å². The van der Waals surface area contributed by atoms with Gasteiger partial charge in [0.2, 0.25) is 5.91 Å². The van der Waals surface area contributed by atoms with E-state index >= 15 is 0 Å². The van der Waals surface area contributed by atoms with Crippen molar-refractivity contribution < 1.29 is 14.2 Å². The summed E-state index contributed by atoms with van der Waals surface area (Å²) in [5.74, 6) is 0.495. The number of nitro benzene ring substituents is 1. The van der Waals surface area contributed by atoms with Crippen LogP contribution in [-0.4, -0.2) is 16.0 Å². The van der Waals surface area contributed by atoms with Gasteiger partial charge in [-0.3, -0.25) is 14.9 Å². The van der Waals surface area contributed by atoms with E-state index < -0.39 is 10.8 Å². The molecule has 0 aliphatic heterocycles. The molecule has 0 aliphatic carbocycles. The first-order valence-electron chi connectivity index (χ1n) is 6.03. The quantitative estimate of drug-likeness (QED) is 0.516. The number of nitro groups is 1. The zero-order valence-electron chi connectivity index (χ0n) is 11.5. The number of hydrogen-bond acceptors (Lipinski definition) is 6. The van der Waals surface area contributed by atoms with Crippen LogP contribution in [0.3, 0.4) is 0 Å². The average Bonchev–Trinajstić information content (AvgIpc) is 2.75. The number of carbonyl (C=O) groups excluding carboxylic acids is 1.